The van der Waals surface area contributed by atoms with E-state index in [4.69, 9.17) is 10.5 Å². The summed E-state index contributed by atoms with van der Waals surface area (Å²) < 4.78 is 32.7. The van der Waals surface area contributed by atoms with Gasteiger partial charge in [0.15, 0.2) is 9.84 Å². The van der Waals surface area contributed by atoms with Crippen molar-refractivity contribution in [1.29, 1.82) is 0 Å². The first-order valence-corrected chi connectivity index (χ1v) is 13.2. The number of ether oxygens (including phenoxy) is 1. The average molecular weight is 486 g/mol. The molecule has 2 heterocycles. The van der Waals surface area contributed by atoms with Crippen LogP contribution >= 0.6 is 0 Å². The molecular weight excluding hydrogens is 454 g/mol. The third-order valence-electron chi connectivity index (χ3n) is 6.51. The van der Waals surface area contributed by atoms with Crippen LogP contribution in [0.4, 0.5) is 0 Å². The molecule has 1 saturated heterocycles. The third-order valence-corrected chi connectivity index (χ3v) is 8.31. The molecule has 3 atom stereocenters. The minimum Gasteiger partial charge on any atom is -0.372 e. The zero-order valence-electron chi connectivity index (χ0n) is 19.3. The fraction of sp³-hybridized carbons (Fsp3) is 0.440. The van der Waals surface area contributed by atoms with Crippen LogP contribution in [0.3, 0.4) is 0 Å². The topological polar surface area (TPSA) is 110 Å². The molecule has 0 radical (unpaired) electrons. The molecule has 2 N–H and O–H groups in total. The van der Waals surface area contributed by atoms with Crippen LogP contribution in [0, 0.1) is 0 Å². The van der Waals surface area contributed by atoms with Gasteiger partial charge in [0.25, 0.3) is 5.91 Å². The van der Waals surface area contributed by atoms with E-state index in [1.807, 2.05) is 30.3 Å². The van der Waals surface area contributed by atoms with E-state index in [2.05, 4.69) is 0 Å². The standard InChI is InChI=1S/C25H31N3O5S/c1-27-12-6-11-23(26)25(30)28-15-21(33-16-18-7-3-2-4-8-18)14-20(28)17-34(31,32)22-10-5-9-19(13-22)24(27)29/h2-5,7-10,13,20-21,23H,6,11-12,14-17,26H2,1H3/t20-,21-,23-/m0/s1. The molecule has 34 heavy (non-hydrogen) atoms. The van der Waals surface area contributed by atoms with Gasteiger partial charge in [0.1, 0.15) is 0 Å². The number of hydrogen-bond donors (Lipinski definition) is 1. The number of sulfone groups is 1. The van der Waals surface area contributed by atoms with Crippen molar-refractivity contribution in [2.24, 2.45) is 5.73 Å². The van der Waals surface area contributed by atoms with E-state index < -0.39 is 21.9 Å². The Hall–Kier alpha value is -2.75. The maximum atomic E-state index is 13.3. The summed E-state index contributed by atoms with van der Waals surface area (Å²) in [6, 6.07) is 14.5. The Morgan fingerprint density at radius 2 is 1.85 bits per heavy atom. The molecule has 0 spiro atoms. The number of nitrogens with two attached hydrogens (primary N) is 1. The second-order valence-corrected chi connectivity index (χ2v) is 11.1. The first-order chi connectivity index (χ1) is 16.2. The second-order valence-electron chi connectivity index (χ2n) is 9.08. The van der Waals surface area contributed by atoms with E-state index >= 15 is 0 Å². The number of fused-ring (bicyclic) bond motifs is 3. The van der Waals surface area contributed by atoms with Gasteiger partial charge >= 0.3 is 0 Å². The molecule has 2 aliphatic rings. The SMILES string of the molecule is CN1CCC[C@H](N)C(=O)N2C[C@@H](OCc3ccccc3)C[C@H]2CS(=O)(=O)c2cccc(c2)C1=O. The van der Waals surface area contributed by atoms with Crippen LogP contribution in [0.5, 0.6) is 0 Å². The van der Waals surface area contributed by atoms with E-state index in [-0.39, 0.29) is 28.6 Å². The summed E-state index contributed by atoms with van der Waals surface area (Å²) in [5.41, 5.74) is 7.55. The summed E-state index contributed by atoms with van der Waals surface area (Å²) in [6.45, 7) is 1.11. The Morgan fingerprint density at radius 3 is 2.62 bits per heavy atom. The van der Waals surface area contributed by atoms with Gasteiger partial charge in [-0.3, -0.25) is 9.59 Å². The highest BCUT2D eigenvalue weighted by Gasteiger charge is 2.40. The van der Waals surface area contributed by atoms with Crippen LogP contribution in [-0.4, -0.2) is 74.1 Å². The first-order valence-electron chi connectivity index (χ1n) is 11.5. The summed E-state index contributed by atoms with van der Waals surface area (Å²) >= 11 is 0. The molecule has 8 nitrogen and oxygen atoms in total. The molecule has 0 saturated carbocycles. The second kappa shape index (κ2) is 10.2. The number of hydrogen-bond acceptors (Lipinski definition) is 6. The molecule has 0 unspecified atom stereocenters. The molecule has 1 fully saturated rings. The van der Waals surface area contributed by atoms with E-state index in [1.165, 1.54) is 17.0 Å². The number of amides is 2. The summed E-state index contributed by atoms with van der Waals surface area (Å²) in [6.07, 6.45) is 1.10. The zero-order chi connectivity index (χ0) is 24.3. The fourth-order valence-corrected chi connectivity index (χ4v) is 6.20. The zero-order valence-corrected chi connectivity index (χ0v) is 20.1. The van der Waals surface area contributed by atoms with Crippen molar-refractivity contribution in [3.63, 3.8) is 0 Å². The molecule has 2 aromatic rings. The average Bonchev–Trinajstić information content (AvgIpc) is 3.23. The van der Waals surface area contributed by atoms with E-state index in [9.17, 15) is 18.0 Å². The van der Waals surface area contributed by atoms with Crippen molar-refractivity contribution in [2.75, 3.05) is 25.9 Å². The van der Waals surface area contributed by atoms with E-state index in [1.54, 1.807) is 24.1 Å². The maximum absolute atomic E-state index is 13.3. The van der Waals surface area contributed by atoms with Gasteiger partial charge in [0.05, 0.1) is 29.4 Å². The van der Waals surface area contributed by atoms with Crippen molar-refractivity contribution in [3.8, 4) is 0 Å². The smallest absolute Gasteiger partial charge is 0.253 e. The van der Waals surface area contributed by atoms with Crippen LogP contribution < -0.4 is 5.73 Å². The minimum absolute atomic E-state index is 0.0779. The van der Waals surface area contributed by atoms with Crippen molar-refractivity contribution in [2.45, 2.75) is 49.0 Å². The van der Waals surface area contributed by atoms with Gasteiger partial charge in [-0.15, -0.1) is 0 Å². The van der Waals surface area contributed by atoms with Crippen LogP contribution in [0.15, 0.2) is 59.5 Å². The lowest BCUT2D eigenvalue weighted by molar-refractivity contribution is -0.133. The van der Waals surface area contributed by atoms with Crippen molar-refractivity contribution in [3.05, 3.63) is 65.7 Å². The highest BCUT2D eigenvalue weighted by Crippen LogP contribution is 2.27. The molecule has 0 aromatic heterocycles. The van der Waals surface area contributed by atoms with Gasteiger partial charge in [-0.2, -0.15) is 0 Å². The van der Waals surface area contributed by atoms with Crippen LogP contribution in [-0.2, 0) is 26.0 Å². The van der Waals surface area contributed by atoms with Crippen LogP contribution in [0.25, 0.3) is 0 Å². The van der Waals surface area contributed by atoms with Gasteiger partial charge in [0, 0.05) is 31.7 Å². The lowest BCUT2D eigenvalue weighted by Gasteiger charge is -2.28. The maximum Gasteiger partial charge on any atom is 0.253 e. The molecular formula is C25H31N3O5S. The number of benzene rings is 2. The van der Waals surface area contributed by atoms with Gasteiger partial charge in [-0.1, -0.05) is 36.4 Å². The quantitative estimate of drug-likeness (QED) is 0.710. The number of carbonyl (C=O) groups is 2. The predicted molar refractivity (Wildman–Crippen MR) is 128 cm³/mol. The Balaban J connectivity index is 1.60. The van der Waals surface area contributed by atoms with Crippen molar-refractivity contribution >= 4 is 21.7 Å². The first kappa shape index (κ1) is 24.4. The van der Waals surface area contributed by atoms with Gasteiger partial charge in [-0.25, -0.2) is 8.42 Å². The minimum atomic E-state index is -3.76. The van der Waals surface area contributed by atoms with Crippen molar-refractivity contribution in [1.82, 2.24) is 9.80 Å². The molecule has 2 aromatic carbocycles. The predicted octanol–water partition coefficient (Wildman–Crippen LogP) is 1.84. The Kier molecular flexibility index (Phi) is 7.35. The number of rotatable bonds is 3. The Labute approximate surface area is 200 Å². The molecule has 182 valence electrons. The molecule has 9 heteroatoms. The van der Waals surface area contributed by atoms with Gasteiger partial charge < -0.3 is 20.3 Å². The molecule has 2 bridgehead atoms. The van der Waals surface area contributed by atoms with Crippen LogP contribution in [0.1, 0.15) is 35.2 Å². The number of nitrogens with zero attached hydrogens (tertiary/aromatic N) is 2. The molecule has 0 aliphatic carbocycles. The van der Waals surface area contributed by atoms with E-state index in [0.717, 1.165) is 5.56 Å². The third kappa shape index (κ3) is 5.48. The number of carbonyl (C=O) groups excluding carboxylic acids is 2. The van der Waals surface area contributed by atoms with Crippen LogP contribution in [0.2, 0.25) is 0 Å². The molecule has 2 aliphatic heterocycles. The Morgan fingerprint density at radius 1 is 1.09 bits per heavy atom. The highest BCUT2D eigenvalue weighted by atomic mass is 32.2. The summed E-state index contributed by atoms with van der Waals surface area (Å²) in [5, 5.41) is 0. The van der Waals surface area contributed by atoms with Gasteiger partial charge in [-0.05, 0) is 43.0 Å². The largest absolute Gasteiger partial charge is 0.372 e. The normalized spacial score (nSPS) is 25.6. The summed E-state index contributed by atoms with van der Waals surface area (Å²) in [7, 11) is -2.10. The Bertz CT molecular complexity index is 1140. The van der Waals surface area contributed by atoms with E-state index in [0.29, 0.717) is 44.5 Å². The summed E-state index contributed by atoms with van der Waals surface area (Å²) in [5.74, 6) is -0.777. The van der Waals surface area contributed by atoms with Crippen molar-refractivity contribution < 1.29 is 22.7 Å². The van der Waals surface area contributed by atoms with Gasteiger partial charge in [0.2, 0.25) is 5.91 Å². The summed E-state index contributed by atoms with van der Waals surface area (Å²) in [4.78, 5) is 29.2. The highest BCUT2D eigenvalue weighted by molar-refractivity contribution is 7.91. The molecule has 4 rings (SSSR count). The monoisotopic (exact) mass is 485 g/mol. The lowest BCUT2D eigenvalue weighted by Crippen LogP contribution is -2.48. The molecule has 2 amide bonds. The lowest BCUT2D eigenvalue weighted by atomic mass is 10.1. The fourth-order valence-electron chi connectivity index (χ4n) is 4.59.